The van der Waals surface area contributed by atoms with Crippen LogP contribution in [-0.2, 0) is 4.79 Å². The normalized spacial score (nSPS) is 16.4. The van der Waals surface area contributed by atoms with Gasteiger partial charge in [0.15, 0.2) is 0 Å². The first-order valence-electron chi connectivity index (χ1n) is 7.63. The zero-order valence-electron chi connectivity index (χ0n) is 13.0. The Kier molecular flexibility index (Phi) is 10.0. The minimum atomic E-state index is 0.353. The maximum atomic E-state index is 11.8. The molecule has 108 valence electrons. The molecule has 1 saturated heterocycles. The molecule has 0 aromatic heterocycles. The van der Waals surface area contributed by atoms with Crippen molar-refractivity contribution in [1.82, 2.24) is 9.80 Å². The van der Waals surface area contributed by atoms with E-state index in [1.165, 1.54) is 0 Å². The fourth-order valence-electron chi connectivity index (χ4n) is 2.18. The fourth-order valence-corrected chi connectivity index (χ4v) is 2.18. The van der Waals surface area contributed by atoms with Crippen LogP contribution in [0.3, 0.4) is 0 Å². The van der Waals surface area contributed by atoms with E-state index in [4.69, 9.17) is 0 Å². The Morgan fingerprint density at radius 2 is 1.67 bits per heavy atom. The van der Waals surface area contributed by atoms with Gasteiger partial charge in [-0.05, 0) is 12.3 Å². The van der Waals surface area contributed by atoms with Crippen LogP contribution in [-0.4, -0.2) is 48.4 Å². The van der Waals surface area contributed by atoms with Crippen LogP contribution in [0.4, 0.5) is 0 Å². The highest BCUT2D eigenvalue weighted by Gasteiger charge is 2.20. The van der Waals surface area contributed by atoms with E-state index in [-0.39, 0.29) is 0 Å². The van der Waals surface area contributed by atoms with Crippen molar-refractivity contribution in [1.29, 1.82) is 0 Å². The highest BCUT2D eigenvalue weighted by Crippen LogP contribution is 2.08. The van der Waals surface area contributed by atoms with Gasteiger partial charge in [0.05, 0.1) is 0 Å². The molecule has 1 amide bonds. The molecular formula is C15H32N2O. The Bertz CT molecular complexity index is 209. The highest BCUT2D eigenvalue weighted by atomic mass is 16.2. The second-order valence-electron chi connectivity index (χ2n) is 5.18. The lowest BCUT2D eigenvalue weighted by atomic mass is 10.1. The van der Waals surface area contributed by atoms with Crippen molar-refractivity contribution in [3.05, 3.63) is 0 Å². The number of hydrogen-bond acceptors (Lipinski definition) is 2. The molecule has 3 heteroatoms. The number of piperazine rings is 1. The van der Waals surface area contributed by atoms with E-state index in [9.17, 15) is 4.79 Å². The zero-order valence-corrected chi connectivity index (χ0v) is 13.0. The molecule has 1 heterocycles. The molecule has 3 nitrogen and oxygen atoms in total. The first-order valence-corrected chi connectivity index (χ1v) is 7.63. The zero-order chi connectivity index (χ0) is 14.0. The SMILES string of the molecule is CC.CCCCC(=O)N1CCN(CC(C)C)CC1. The minimum absolute atomic E-state index is 0.353. The summed E-state index contributed by atoms with van der Waals surface area (Å²) < 4.78 is 0. The van der Waals surface area contributed by atoms with Gasteiger partial charge in [0.1, 0.15) is 0 Å². The van der Waals surface area contributed by atoms with Gasteiger partial charge in [-0.2, -0.15) is 0 Å². The predicted molar refractivity (Wildman–Crippen MR) is 78.7 cm³/mol. The molecule has 0 atom stereocenters. The van der Waals surface area contributed by atoms with Crippen molar-refractivity contribution in [2.24, 2.45) is 5.92 Å². The molecule has 1 fully saturated rings. The quantitative estimate of drug-likeness (QED) is 0.755. The Morgan fingerprint density at radius 3 is 2.11 bits per heavy atom. The Labute approximate surface area is 114 Å². The van der Waals surface area contributed by atoms with Gasteiger partial charge in [-0.3, -0.25) is 9.69 Å². The monoisotopic (exact) mass is 256 g/mol. The Morgan fingerprint density at radius 1 is 1.11 bits per heavy atom. The summed E-state index contributed by atoms with van der Waals surface area (Å²) in [5, 5.41) is 0. The molecule has 0 radical (unpaired) electrons. The smallest absolute Gasteiger partial charge is 0.222 e. The number of amides is 1. The van der Waals surface area contributed by atoms with Crippen LogP contribution in [0.15, 0.2) is 0 Å². The Hall–Kier alpha value is -0.570. The summed E-state index contributed by atoms with van der Waals surface area (Å²) in [6.45, 7) is 15.7. The molecule has 0 unspecified atom stereocenters. The summed E-state index contributed by atoms with van der Waals surface area (Å²) in [6, 6.07) is 0. The van der Waals surface area contributed by atoms with Crippen molar-refractivity contribution < 1.29 is 4.79 Å². The minimum Gasteiger partial charge on any atom is -0.340 e. The van der Waals surface area contributed by atoms with Crippen molar-refractivity contribution in [3.63, 3.8) is 0 Å². The lowest BCUT2D eigenvalue weighted by Gasteiger charge is -2.35. The van der Waals surface area contributed by atoms with Gasteiger partial charge >= 0.3 is 0 Å². The summed E-state index contributed by atoms with van der Waals surface area (Å²) in [5.41, 5.74) is 0. The van der Waals surface area contributed by atoms with Crippen LogP contribution in [0.1, 0.15) is 53.9 Å². The summed E-state index contributed by atoms with van der Waals surface area (Å²) in [4.78, 5) is 16.3. The maximum absolute atomic E-state index is 11.8. The van der Waals surface area contributed by atoms with E-state index in [2.05, 4.69) is 25.7 Å². The highest BCUT2D eigenvalue weighted by molar-refractivity contribution is 5.76. The van der Waals surface area contributed by atoms with Gasteiger partial charge in [-0.25, -0.2) is 0 Å². The molecule has 18 heavy (non-hydrogen) atoms. The molecule has 0 aromatic carbocycles. The van der Waals surface area contributed by atoms with Gasteiger partial charge in [-0.1, -0.05) is 41.0 Å². The van der Waals surface area contributed by atoms with Crippen LogP contribution >= 0.6 is 0 Å². The number of nitrogens with zero attached hydrogens (tertiary/aromatic N) is 2. The van der Waals surface area contributed by atoms with Crippen LogP contribution in [0.5, 0.6) is 0 Å². The van der Waals surface area contributed by atoms with Gasteiger partial charge in [0.2, 0.25) is 5.91 Å². The van der Waals surface area contributed by atoms with E-state index in [1.54, 1.807) is 0 Å². The summed E-state index contributed by atoms with van der Waals surface area (Å²) in [7, 11) is 0. The van der Waals surface area contributed by atoms with Crippen molar-refractivity contribution >= 4 is 5.91 Å². The molecule has 0 saturated carbocycles. The number of hydrogen-bond donors (Lipinski definition) is 0. The second kappa shape index (κ2) is 10.4. The number of carbonyl (C=O) groups excluding carboxylic acids is 1. The topological polar surface area (TPSA) is 23.6 Å². The first-order chi connectivity index (χ1) is 8.63. The van der Waals surface area contributed by atoms with Crippen LogP contribution in [0, 0.1) is 5.92 Å². The van der Waals surface area contributed by atoms with Crippen LogP contribution < -0.4 is 0 Å². The maximum Gasteiger partial charge on any atom is 0.222 e. The first kappa shape index (κ1) is 17.4. The molecule has 0 bridgehead atoms. The molecule has 1 aliphatic rings. The van der Waals surface area contributed by atoms with Gasteiger partial charge < -0.3 is 4.90 Å². The summed E-state index contributed by atoms with van der Waals surface area (Å²) in [6.07, 6.45) is 2.88. The third kappa shape index (κ3) is 7.00. The molecule has 1 rings (SSSR count). The third-order valence-electron chi connectivity index (χ3n) is 3.09. The van der Waals surface area contributed by atoms with Crippen LogP contribution in [0.25, 0.3) is 0 Å². The molecule has 0 aliphatic carbocycles. The number of rotatable bonds is 5. The standard InChI is InChI=1S/C13H26N2O.C2H6/c1-4-5-6-13(16)15-9-7-14(8-10-15)11-12(2)3;1-2/h12H,4-11H2,1-3H3;1-2H3. The molecule has 0 aromatic rings. The van der Waals surface area contributed by atoms with E-state index in [1.807, 2.05) is 18.7 Å². The van der Waals surface area contributed by atoms with Crippen molar-refractivity contribution in [2.75, 3.05) is 32.7 Å². The lowest BCUT2D eigenvalue weighted by molar-refractivity contribution is -0.133. The largest absolute Gasteiger partial charge is 0.340 e. The van der Waals surface area contributed by atoms with Crippen LogP contribution in [0.2, 0.25) is 0 Å². The van der Waals surface area contributed by atoms with Gasteiger partial charge in [-0.15, -0.1) is 0 Å². The van der Waals surface area contributed by atoms with E-state index in [0.29, 0.717) is 5.91 Å². The van der Waals surface area contributed by atoms with E-state index >= 15 is 0 Å². The predicted octanol–water partition coefficient (Wildman–Crippen LogP) is 3.00. The molecular weight excluding hydrogens is 224 g/mol. The van der Waals surface area contributed by atoms with Gasteiger partial charge in [0.25, 0.3) is 0 Å². The van der Waals surface area contributed by atoms with E-state index < -0.39 is 0 Å². The average molecular weight is 256 g/mol. The van der Waals surface area contributed by atoms with Crippen molar-refractivity contribution in [2.45, 2.75) is 53.9 Å². The third-order valence-corrected chi connectivity index (χ3v) is 3.09. The lowest BCUT2D eigenvalue weighted by Crippen LogP contribution is -2.49. The Balaban J connectivity index is 0.00000137. The summed E-state index contributed by atoms with van der Waals surface area (Å²) in [5.74, 6) is 1.08. The number of unbranched alkanes of at least 4 members (excludes halogenated alkanes) is 1. The van der Waals surface area contributed by atoms with Crippen molar-refractivity contribution in [3.8, 4) is 0 Å². The van der Waals surface area contributed by atoms with Gasteiger partial charge in [0, 0.05) is 39.1 Å². The second-order valence-corrected chi connectivity index (χ2v) is 5.18. The molecule has 0 N–H and O–H groups in total. The number of carbonyl (C=O) groups is 1. The molecule has 1 aliphatic heterocycles. The molecule has 0 spiro atoms. The summed E-state index contributed by atoms with van der Waals surface area (Å²) >= 11 is 0. The fraction of sp³-hybridized carbons (Fsp3) is 0.933. The average Bonchev–Trinajstić information content (AvgIpc) is 2.38. The van der Waals surface area contributed by atoms with E-state index in [0.717, 1.165) is 57.9 Å².